The second-order valence-electron chi connectivity index (χ2n) is 4.71. The molecule has 1 aliphatic heterocycles. The first-order valence-corrected chi connectivity index (χ1v) is 7.40. The fraction of sp³-hybridized carbons (Fsp3) is 0.188. The van der Waals surface area contributed by atoms with E-state index < -0.39 is 0 Å². The molecule has 1 unspecified atom stereocenters. The highest BCUT2D eigenvalue weighted by Gasteiger charge is 2.32. The van der Waals surface area contributed by atoms with Gasteiger partial charge in [0, 0.05) is 0 Å². The Morgan fingerprint density at radius 1 is 1.20 bits per heavy atom. The second kappa shape index (κ2) is 5.61. The van der Waals surface area contributed by atoms with Gasteiger partial charge in [0.15, 0.2) is 0 Å². The van der Waals surface area contributed by atoms with Crippen LogP contribution < -0.4 is 0 Å². The Bertz CT molecular complexity index is 619. The molecule has 1 aliphatic rings. The molecule has 0 bridgehead atoms. The number of carbonyl (C=O) groups is 1. The molecular weight excluding hydrogens is 270 g/mol. The van der Waals surface area contributed by atoms with Gasteiger partial charge in [-0.2, -0.15) is 5.06 Å². The standard InChI is InChI=1S/C16H15NO2S/c1-12-10-14(15-8-5-9-20-15)17(16(12)18)19-11-13-6-3-2-4-7-13/h2-10,12H,11H2,1H3. The van der Waals surface area contributed by atoms with E-state index in [0.717, 1.165) is 16.1 Å². The summed E-state index contributed by atoms with van der Waals surface area (Å²) in [4.78, 5) is 19.0. The third-order valence-corrected chi connectivity index (χ3v) is 4.09. The number of hydroxylamine groups is 2. The van der Waals surface area contributed by atoms with Gasteiger partial charge in [0.2, 0.25) is 0 Å². The number of amides is 1. The van der Waals surface area contributed by atoms with Gasteiger partial charge < -0.3 is 0 Å². The van der Waals surface area contributed by atoms with E-state index in [2.05, 4.69) is 0 Å². The van der Waals surface area contributed by atoms with Gasteiger partial charge in [0.25, 0.3) is 5.91 Å². The van der Waals surface area contributed by atoms with Crippen molar-refractivity contribution in [3.8, 4) is 0 Å². The van der Waals surface area contributed by atoms with Crippen LogP contribution in [0.5, 0.6) is 0 Å². The van der Waals surface area contributed by atoms with Gasteiger partial charge in [0.1, 0.15) is 6.61 Å². The predicted molar refractivity (Wildman–Crippen MR) is 79.5 cm³/mol. The fourth-order valence-electron chi connectivity index (χ4n) is 2.13. The van der Waals surface area contributed by atoms with Gasteiger partial charge in [-0.1, -0.05) is 36.4 Å². The van der Waals surface area contributed by atoms with Gasteiger partial charge in [-0.3, -0.25) is 9.63 Å². The highest BCUT2D eigenvalue weighted by Crippen LogP contribution is 2.32. The average molecular weight is 285 g/mol. The Morgan fingerprint density at radius 3 is 2.70 bits per heavy atom. The Morgan fingerprint density at radius 2 is 2.00 bits per heavy atom. The molecule has 1 atom stereocenters. The molecule has 2 heterocycles. The molecule has 0 saturated heterocycles. The summed E-state index contributed by atoms with van der Waals surface area (Å²) in [6.07, 6.45) is 1.96. The van der Waals surface area contributed by atoms with Crippen molar-refractivity contribution in [1.29, 1.82) is 0 Å². The molecule has 0 radical (unpaired) electrons. The molecule has 20 heavy (non-hydrogen) atoms. The largest absolute Gasteiger partial charge is 0.271 e. The Kier molecular flexibility index (Phi) is 3.67. The van der Waals surface area contributed by atoms with Crippen molar-refractivity contribution in [2.45, 2.75) is 13.5 Å². The first-order chi connectivity index (χ1) is 9.75. The highest BCUT2D eigenvalue weighted by atomic mass is 32.1. The van der Waals surface area contributed by atoms with Crippen LogP contribution in [0.3, 0.4) is 0 Å². The van der Waals surface area contributed by atoms with Crippen LogP contribution in [0, 0.1) is 5.92 Å². The van der Waals surface area contributed by atoms with Crippen LogP contribution in [0.4, 0.5) is 0 Å². The smallest absolute Gasteiger partial charge is 0.257 e. The fourth-order valence-corrected chi connectivity index (χ4v) is 2.87. The van der Waals surface area contributed by atoms with Gasteiger partial charge in [0.05, 0.1) is 16.5 Å². The second-order valence-corrected chi connectivity index (χ2v) is 5.66. The van der Waals surface area contributed by atoms with E-state index in [0.29, 0.717) is 6.61 Å². The number of benzene rings is 1. The van der Waals surface area contributed by atoms with Crippen molar-refractivity contribution < 1.29 is 9.63 Å². The summed E-state index contributed by atoms with van der Waals surface area (Å²) in [5.41, 5.74) is 1.90. The van der Waals surface area contributed by atoms with E-state index in [-0.39, 0.29) is 11.8 Å². The Labute approximate surface area is 122 Å². The summed E-state index contributed by atoms with van der Waals surface area (Å²) in [7, 11) is 0. The third kappa shape index (κ3) is 2.53. The quantitative estimate of drug-likeness (QED) is 0.857. The van der Waals surface area contributed by atoms with Crippen molar-refractivity contribution >= 4 is 22.9 Å². The van der Waals surface area contributed by atoms with Crippen molar-refractivity contribution in [2.24, 2.45) is 5.92 Å². The Balaban J connectivity index is 1.77. The zero-order valence-corrected chi connectivity index (χ0v) is 12.0. The molecular formula is C16H15NO2S. The molecule has 3 nitrogen and oxygen atoms in total. The molecule has 0 saturated carbocycles. The molecule has 0 fully saturated rings. The minimum absolute atomic E-state index is 0.00988. The average Bonchev–Trinajstić information content (AvgIpc) is 3.08. The van der Waals surface area contributed by atoms with E-state index in [9.17, 15) is 4.79 Å². The van der Waals surface area contributed by atoms with Crippen molar-refractivity contribution in [3.63, 3.8) is 0 Å². The van der Waals surface area contributed by atoms with Crippen LogP contribution in [0.15, 0.2) is 53.9 Å². The van der Waals surface area contributed by atoms with Crippen LogP contribution in [0.25, 0.3) is 5.70 Å². The lowest BCUT2D eigenvalue weighted by Crippen LogP contribution is -2.27. The normalized spacial score (nSPS) is 18.4. The van der Waals surface area contributed by atoms with E-state index in [1.165, 1.54) is 5.06 Å². The number of nitrogens with zero attached hydrogens (tertiary/aromatic N) is 1. The molecule has 3 rings (SSSR count). The molecule has 1 amide bonds. The van der Waals surface area contributed by atoms with Gasteiger partial charge in [-0.25, -0.2) is 0 Å². The maximum absolute atomic E-state index is 12.2. The topological polar surface area (TPSA) is 29.5 Å². The molecule has 0 N–H and O–H groups in total. The van der Waals surface area contributed by atoms with Crippen LogP contribution >= 0.6 is 11.3 Å². The molecule has 4 heteroatoms. The number of thiophene rings is 1. The first-order valence-electron chi connectivity index (χ1n) is 6.52. The third-order valence-electron chi connectivity index (χ3n) is 3.19. The van der Waals surface area contributed by atoms with Crippen LogP contribution in [0.2, 0.25) is 0 Å². The molecule has 1 aromatic heterocycles. The van der Waals surface area contributed by atoms with E-state index >= 15 is 0 Å². The summed E-state index contributed by atoms with van der Waals surface area (Å²) in [5, 5.41) is 3.43. The highest BCUT2D eigenvalue weighted by molar-refractivity contribution is 7.11. The maximum Gasteiger partial charge on any atom is 0.257 e. The zero-order chi connectivity index (χ0) is 13.9. The minimum atomic E-state index is -0.136. The van der Waals surface area contributed by atoms with E-state index in [1.54, 1.807) is 11.3 Å². The summed E-state index contributed by atoms with van der Waals surface area (Å²) in [5.74, 6) is -0.146. The maximum atomic E-state index is 12.2. The number of carbonyl (C=O) groups excluding carboxylic acids is 1. The van der Waals surface area contributed by atoms with Crippen LogP contribution in [-0.4, -0.2) is 11.0 Å². The lowest BCUT2D eigenvalue weighted by atomic mass is 10.2. The first kappa shape index (κ1) is 13.1. The van der Waals surface area contributed by atoms with Gasteiger partial charge >= 0.3 is 0 Å². The number of hydrogen-bond acceptors (Lipinski definition) is 3. The van der Waals surface area contributed by atoms with Crippen molar-refractivity contribution in [2.75, 3.05) is 0 Å². The van der Waals surface area contributed by atoms with Crippen molar-refractivity contribution in [3.05, 3.63) is 64.4 Å². The molecule has 1 aromatic carbocycles. The van der Waals surface area contributed by atoms with Crippen LogP contribution in [-0.2, 0) is 16.2 Å². The molecule has 0 aliphatic carbocycles. The summed E-state index contributed by atoms with van der Waals surface area (Å²) in [6.45, 7) is 2.28. The number of hydrogen-bond donors (Lipinski definition) is 0. The predicted octanol–water partition coefficient (Wildman–Crippen LogP) is 3.70. The van der Waals surface area contributed by atoms with Gasteiger partial charge in [-0.15, -0.1) is 11.3 Å². The molecule has 0 spiro atoms. The lowest BCUT2D eigenvalue weighted by Gasteiger charge is -2.19. The minimum Gasteiger partial charge on any atom is -0.271 e. The van der Waals surface area contributed by atoms with Gasteiger partial charge in [-0.05, 0) is 30.0 Å². The zero-order valence-electron chi connectivity index (χ0n) is 11.2. The lowest BCUT2D eigenvalue weighted by molar-refractivity contribution is -0.169. The van der Waals surface area contributed by atoms with E-state index in [4.69, 9.17) is 4.84 Å². The molecule has 2 aromatic rings. The summed E-state index contributed by atoms with van der Waals surface area (Å²) >= 11 is 1.61. The summed E-state index contributed by atoms with van der Waals surface area (Å²) < 4.78 is 0. The van der Waals surface area contributed by atoms with E-state index in [1.807, 2.05) is 60.8 Å². The Hall–Kier alpha value is -1.91. The number of rotatable bonds is 4. The summed E-state index contributed by atoms with van der Waals surface area (Å²) in [6, 6.07) is 13.8. The monoisotopic (exact) mass is 285 g/mol. The van der Waals surface area contributed by atoms with Crippen molar-refractivity contribution in [1.82, 2.24) is 5.06 Å². The van der Waals surface area contributed by atoms with Crippen LogP contribution in [0.1, 0.15) is 17.4 Å². The molecule has 102 valence electrons. The SMILES string of the molecule is CC1C=C(c2cccs2)N(OCc2ccccc2)C1=O.